The number of nitrogens with zero attached hydrogens (tertiary/aromatic N) is 2. The Labute approximate surface area is 211 Å². The normalized spacial score (nSPS) is 11.9. The number of rotatable bonds is 7. The zero-order chi connectivity index (χ0) is 24.5. The highest BCUT2D eigenvalue weighted by Gasteiger charge is 2.14. The Morgan fingerprint density at radius 3 is 2.66 bits per heavy atom. The number of methoxy groups -OCH3 is 1. The second-order valence-corrected chi connectivity index (χ2v) is 9.55. The van der Waals surface area contributed by atoms with E-state index in [1.165, 1.54) is 11.3 Å². The molecular formula is C27H23ClN2O4S. The Hall–Kier alpha value is -3.55. The van der Waals surface area contributed by atoms with Crippen LogP contribution in [0, 0.1) is 13.8 Å². The molecule has 0 saturated heterocycles. The minimum Gasteiger partial charge on any atom is -0.493 e. The number of imidazole rings is 1. The van der Waals surface area contributed by atoms with Gasteiger partial charge in [0.25, 0.3) is 5.56 Å². The first-order valence-corrected chi connectivity index (χ1v) is 12.3. The van der Waals surface area contributed by atoms with E-state index < -0.39 is 0 Å². The van der Waals surface area contributed by atoms with Gasteiger partial charge in [0.2, 0.25) is 0 Å². The molecule has 0 bridgehead atoms. The minimum absolute atomic E-state index is 0.113. The Bertz CT molecular complexity index is 1660. The maximum atomic E-state index is 13.0. The van der Waals surface area contributed by atoms with Gasteiger partial charge in [-0.15, -0.1) is 0 Å². The molecule has 5 aromatic rings. The fourth-order valence-corrected chi connectivity index (χ4v) is 5.15. The van der Waals surface area contributed by atoms with E-state index >= 15 is 0 Å². The van der Waals surface area contributed by atoms with Crippen molar-refractivity contribution in [3.05, 3.63) is 91.2 Å². The number of benzene rings is 3. The van der Waals surface area contributed by atoms with Crippen LogP contribution in [-0.2, 0) is 0 Å². The van der Waals surface area contributed by atoms with Crippen LogP contribution in [0.25, 0.3) is 22.1 Å². The molecule has 0 aliphatic carbocycles. The molecule has 0 unspecified atom stereocenters. The van der Waals surface area contributed by atoms with Crippen LogP contribution < -0.4 is 24.3 Å². The van der Waals surface area contributed by atoms with Crippen LogP contribution in [0.1, 0.15) is 16.7 Å². The molecular weight excluding hydrogens is 484 g/mol. The molecule has 0 amide bonds. The fraction of sp³-hybridized carbons (Fsp3) is 0.185. The summed E-state index contributed by atoms with van der Waals surface area (Å²) in [6.45, 7) is 4.69. The van der Waals surface area contributed by atoms with E-state index in [-0.39, 0.29) is 5.56 Å². The molecule has 0 fully saturated rings. The topological polar surface area (TPSA) is 62.1 Å². The van der Waals surface area contributed by atoms with Gasteiger partial charge in [-0.1, -0.05) is 47.2 Å². The lowest BCUT2D eigenvalue weighted by molar-refractivity contribution is 0.210. The highest BCUT2D eigenvalue weighted by Crippen LogP contribution is 2.36. The third kappa shape index (κ3) is 4.57. The van der Waals surface area contributed by atoms with E-state index in [9.17, 15) is 4.79 Å². The van der Waals surface area contributed by atoms with Gasteiger partial charge in [-0.2, -0.15) is 0 Å². The molecule has 0 N–H and O–H groups in total. The summed E-state index contributed by atoms with van der Waals surface area (Å²) in [6.07, 6.45) is 1.79. The van der Waals surface area contributed by atoms with Gasteiger partial charge in [0.15, 0.2) is 16.5 Å². The second kappa shape index (κ2) is 9.60. The Balaban J connectivity index is 1.38. The molecule has 178 valence electrons. The lowest BCUT2D eigenvalue weighted by Gasteiger charge is -2.14. The fourth-order valence-electron chi connectivity index (χ4n) is 3.88. The third-order valence-corrected chi connectivity index (χ3v) is 6.88. The smallest absolute Gasteiger partial charge is 0.274 e. The molecule has 2 aromatic heterocycles. The van der Waals surface area contributed by atoms with E-state index in [1.54, 1.807) is 29.7 Å². The quantitative estimate of drug-likeness (QED) is 0.284. The molecule has 0 aliphatic rings. The standard InChI is InChI=1S/C27H23ClN2O4S/c1-16-8-9-17(2)22(12-16)33-10-11-34-25-19(28)13-18(14-23(25)32-3)15-24-26(31)30-21-7-5-4-6-20(21)29-27(30)35-24/h4-9,12-15H,10-11H2,1-3H3/b24-15+. The van der Waals surface area contributed by atoms with Crippen LogP contribution in [-0.4, -0.2) is 29.7 Å². The van der Waals surface area contributed by atoms with Crippen molar-refractivity contribution in [1.82, 2.24) is 9.38 Å². The number of hydrogen-bond acceptors (Lipinski definition) is 6. The number of para-hydroxylation sites is 2. The van der Waals surface area contributed by atoms with Crippen molar-refractivity contribution in [2.75, 3.05) is 20.3 Å². The number of halogens is 1. The predicted octanol–water partition coefficient (Wildman–Crippen LogP) is 5.19. The summed E-state index contributed by atoms with van der Waals surface area (Å²) in [5, 5.41) is 0.390. The van der Waals surface area contributed by atoms with E-state index in [1.807, 2.05) is 56.3 Å². The van der Waals surface area contributed by atoms with Crippen LogP contribution in [0.4, 0.5) is 0 Å². The number of aromatic nitrogens is 2. The monoisotopic (exact) mass is 506 g/mol. The first-order valence-electron chi connectivity index (χ1n) is 11.1. The summed E-state index contributed by atoms with van der Waals surface area (Å²) in [5.41, 5.74) is 4.42. The van der Waals surface area contributed by atoms with Crippen LogP contribution in [0.5, 0.6) is 17.2 Å². The van der Waals surface area contributed by atoms with E-state index in [0.29, 0.717) is 39.2 Å². The summed E-state index contributed by atoms with van der Waals surface area (Å²) < 4.78 is 19.5. The largest absolute Gasteiger partial charge is 0.493 e. The number of hydrogen-bond donors (Lipinski definition) is 0. The summed E-state index contributed by atoms with van der Waals surface area (Å²) in [6, 6.07) is 17.2. The third-order valence-electron chi connectivity index (χ3n) is 5.63. The lowest BCUT2D eigenvalue weighted by Crippen LogP contribution is -2.22. The Kier molecular flexibility index (Phi) is 6.36. The molecule has 8 heteroatoms. The summed E-state index contributed by atoms with van der Waals surface area (Å²) in [5.74, 6) is 1.75. The van der Waals surface area contributed by atoms with Gasteiger partial charge in [-0.05, 0) is 66.9 Å². The summed E-state index contributed by atoms with van der Waals surface area (Å²) in [4.78, 5) is 18.3. The first kappa shape index (κ1) is 23.2. The van der Waals surface area contributed by atoms with E-state index in [0.717, 1.165) is 33.5 Å². The molecule has 0 radical (unpaired) electrons. The SMILES string of the molecule is COc1cc(/C=c2/sc3nc4ccccc4n3c2=O)cc(Cl)c1OCCOc1cc(C)ccc1C. The molecule has 2 heterocycles. The number of thiazole rings is 1. The average molecular weight is 507 g/mol. The van der Waals surface area contributed by atoms with Crippen molar-refractivity contribution < 1.29 is 14.2 Å². The van der Waals surface area contributed by atoms with Gasteiger partial charge in [-0.25, -0.2) is 9.38 Å². The molecule has 3 aromatic carbocycles. The molecule has 0 aliphatic heterocycles. The Morgan fingerprint density at radius 1 is 1.03 bits per heavy atom. The molecule has 35 heavy (non-hydrogen) atoms. The average Bonchev–Trinajstić information content (AvgIpc) is 3.35. The zero-order valence-electron chi connectivity index (χ0n) is 19.5. The number of fused-ring (bicyclic) bond motifs is 3. The highest BCUT2D eigenvalue weighted by atomic mass is 35.5. The van der Waals surface area contributed by atoms with Crippen molar-refractivity contribution in [1.29, 1.82) is 0 Å². The van der Waals surface area contributed by atoms with E-state index in [2.05, 4.69) is 4.98 Å². The lowest BCUT2D eigenvalue weighted by atomic mass is 10.1. The van der Waals surface area contributed by atoms with Gasteiger partial charge in [0.05, 0.1) is 27.7 Å². The van der Waals surface area contributed by atoms with Crippen molar-refractivity contribution >= 4 is 45.0 Å². The number of ether oxygens (including phenoxy) is 3. The number of aryl methyl sites for hydroxylation is 2. The predicted molar refractivity (Wildman–Crippen MR) is 141 cm³/mol. The summed E-state index contributed by atoms with van der Waals surface area (Å²) >= 11 is 7.88. The van der Waals surface area contributed by atoms with Crippen LogP contribution in [0.2, 0.25) is 5.02 Å². The molecule has 5 rings (SSSR count). The molecule has 0 spiro atoms. The minimum atomic E-state index is -0.113. The van der Waals surface area contributed by atoms with Crippen LogP contribution >= 0.6 is 22.9 Å². The summed E-state index contributed by atoms with van der Waals surface area (Å²) in [7, 11) is 1.55. The van der Waals surface area contributed by atoms with Crippen molar-refractivity contribution in [3.8, 4) is 17.2 Å². The van der Waals surface area contributed by atoms with Crippen molar-refractivity contribution in [2.24, 2.45) is 0 Å². The van der Waals surface area contributed by atoms with Gasteiger partial charge in [-0.3, -0.25) is 4.79 Å². The maximum absolute atomic E-state index is 13.0. The van der Waals surface area contributed by atoms with Crippen LogP contribution in [0.15, 0.2) is 59.4 Å². The van der Waals surface area contributed by atoms with E-state index in [4.69, 9.17) is 25.8 Å². The molecule has 0 atom stereocenters. The first-order chi connectivity index (χ1) is 16.9. The van der Waals surface area contributed by atoms with Gasteiger partial charge in [0.1, 0.15) is 19.0 Å². The van der Waals surface area contributed by atoms with Crippen LogP contribution in [0.3, 0.4) is 0 Å². The maximum Gasteiger partial charge on any atom is 0.274 e. The zero-order valence-corrected chi connectivity index (χ0v) is 21.1. The second-order valence-electron chi connectivity index (χ2n) is 8.13. The highest BCUT2D eigenvalue weighted by molar-refractivity contribution is 7.15. The molecule has 6 nitrogen and oxygen atoms in total. The Morgan fingerprint density at radius 2 is 1.83 bits per heavy atom. The van der Waals surface area contributed by atoms with Crippen molar-refractivity contribution in [2.45, 2.75) is 13.8 Å². The molecule has 0 saturated carbocycles. The van der Waals surface area contributed by atoms with Gasteiger partial charge >= 0.3 is 0 Å². The van der Waals surface area contributed by atoms with Gasteiger partial charge in [0, 0.05) is 0 Å². The van der Waals surface area contributed by atoms with Gasteiger partial charge < -0.3 is 14.2 Å². The van der Waals surface area contributed by atoms with Crippen molar-refractivity contribution in [3.63, 3.8) is 0 Å².